The van der Waals surface area contributed by atoms with Crippen LogP contribution in [0.25, 0.3) is 0 Å². The lowest BCUT2D eigenvalue weighted by Gasteiger charge is -2.08. The number of benzene rings is 2. The van der Waals surface area contributed by atoms with Crippen molar-refractivity contribution in [1.29, 1.82) is 0 Å². The zero-order valence-electron chi connectivity index (χ0n) is 15.0. The molecule has 4 nitrogen and oxygen atoms in total. The normalized spacial score (nSPS) is 13.1. The number of thiophene rings is 1. The van der Waals surface area contributed by atoms with Crippen LogP contribution in [0.5, 0.6) is 5.75 Å². The van der Waals surface area contributed by atoms with Gasteiger partial charge in [0.05, 0.1) is 11.4 Å². The van der Waals surface area contributed by atoms with Crippen molar-refractivity contribution in [1.82, 2.24) is 0 Å². The zero-order chi connectivity index (χ0) is 18.6. The molecule has 0 amide bonds. The van der Waals surface area contributed by atoms with Gasteiger partial charge in [0, 0.05) is 16.0 Å². The van der Waals surface area contributed by atoms with Crippen molar-refractivity contribution in [3.05, 3.63) is 87.1 Å². The summed E-state index contributed by atoms with van der Waals surface area (Å²) >= 11 is 1.52. The van der Waals surface area contributed by atoms with E-state index in [9.17, 15) is 4.79 Å². The number of aliphatic imine (C=N–C) groups is 1. The second kappa shape index (κ2) is 7.76. The van der Waals surface area contributed by atoms with Crippen molar-refractivity contribution in [2.24, 2.45) is 4.99 Å². The number of ketones is 1. The van der Waals surface area contributed by atoms with E-state index in [0.717, 1.165) is 26.6 Å². The molecule has 2 heterocycles. The van der Waals surface area contributed by atoms with Gasteiger partial charge in [-0.15, -0.1) is 11.3 Å². The van der Waals surface area contributed by atoms with E-state index in [0.29, 0.717) is 31.2 Å². The van der Waals surface area contributed by atoms with Gasteiger partial charge in [0.15, 0.2) is 0 Å². The largest absolute Gasteiger partial charge is 0.489 e. The minimum absolute atomic E-state index is 0.0524. The molecule has 0 atom stereocenters. The molecule has 0 radical (unpaired) electrons. The maximum atomic E-state index is 12.6. The highest BCUT2D eigenvalue weighted by molar-refractivity contribution is 7.14. The van der Waals surface area contributed by atoms with E-state index in [-0.39, 0.29) is 5.78 Å². The molecule has 1 aromatic heterocycles. The molecule has 0 saturated carbocycles. The first-order valence-corrected chi connectivity index (χ1v) is 9.61. The van der Waals surface area contributed by atoms with Crippen LogP contribution in [-0.4, -0.2) is 24.8 Å². The van der Waals surface area contributed by atoms with E-state index in [4.69, 9.17) is 9.47 Å². The molecule has 0 saturated heterocycles. The molecule has 4 rings (SSSR count). The zero-order valence-corrected chi connectivity index (χ0v) is 15.8. The molecule has 0 N–H and O–H groups in total. The monoisotopic (exact) mass is 377 g/mol. The Morgan fingerprint density at radius 3 is 2.70 bits per heavy atom. The van der Waals surface area contributed by atoms with Crippen LogP contribution in [0, 0.1) is 6.92 Å². The molecule has 136 valence electrons. The predicted octanol–water partition coefficient (Wildman–Crippen LogP) is 4.64. The number of rotatable bonds is 6. The van der Waals surface area contributed by atoms with Crippen molar-refractivity contribution in [3.8, 4) is 5.75 Å². The van der Waals surface area contributed by atoms with E-state index >= 15 is 0 Å². The number of nitrogens with zero attached hydrogens (tertiary/aromatic N) is 1. The Hall–Kier alpha value is -2.92. The van der Waals surface area contributed by atoms with Crippen molar-refractivity contribution in [2.75, 3.05) is 13.2 Å². The lowest BCUT2D eigenvalue weighted by atomic mass is 10.1. The van der Waals surface area contributed by atoms with Gasteiger partial charge >= 0.3 is 0 Å². The number of ether oxygens (including phenoxy) is 2. The summed E-state index contributed by atoms with van der Waals surface area (Å²) in [7, 11) is 0. The smallest absolute Gasteiger partial charge is 0.216 e. The van der Waals surface area contributed by atoms with Gasteiger partial charge in [0.2, 0.25) is 11.7 Å². The van der Waals surface area contributed by atoms with Crippen LogP contribution >= 0.6 is 11.3 Å². The topological polar surface area (TPSA) is 47.9 Å². The Balaban J connectivity index is 1.42. The summed E-state index contributed by atoms with van der Waals surface area (Å²) in [6.07, 6.45) is 0. The van der Waals surface area contributed by atoms with Crippen molar-refractivity contribution >= 4 is 23.0 Å². The average Bonchev–Trinajstić information content (AvgIpc) is 3.38. The third-order valence-corrected chi connectivity index (χ3v) is 5.25. The first-order chi connectivity index (χ1) is 13.2. The summed E-state index contributed by atoms with van der Waals surface area (Å²) in [5.74, 6) is 1.51. The molecule has 0 aliphatic carbocycles. The summed E-state index contributed by atoms with van der Waals surface area (Å²) < 4.78 is 11.3. The van der Waals surface area contributed by atoms with E-state index in [1.54, 1.807) is 0 Å². The van der Waals surface area contributed by atoms with Gasteiger partial charge in [-0.3, -0.25) is 4.79 Å². The molecular weight excluding hydrogens is 358 g/mol. The minimum atomic E-state index is 0.0524. The van der Waals surface area contributed by atoms with Crippen LogP contribution in [0.3, 0.4) is 0 Å². The second-order valence-corrected chi connectivity index (χ2v) is 7.58. The van der Waals surface area contributed by atoms with Crippen LogP contribution in [-0.2, 0) is 11.3 Å². The number of hydrogen-bond donors (Lipinski definition) is 0. The molecule has 1 aliphatic heterocycles. The van der Waals surface area contributed by atoms with Gasteiger partial charge in [0.25, 0.3) is 0 Å². The lowest BCUT2D eigenvalue weighted by molar-refractivity contribution is 0.104. The molecule has 0 unspecified atom stereocenters. The van der Waals surface area contributed by atoms with Crippen molar-refractivity contribution < 1.29 is 14.3 Å². The average molecular weight is 377 g/mol. The van der Waals surface area contributed by atoms with E-state index < -0.39 is 0 Å². The number of carbonyl (C=O) groups is 1. The first kappa shape index (κ1) is 17.5. The predicted molar refractivity (Wildman–Crippen MR) is 107 cm³/mol. The fourth-order valence-electron chi connectivity index (χ4n) is 2.87. The van der Waals surface area contributed by atoms with Gasteiger partial charge in [-0.2, -0.15) is 0 Å². The number of carbonyl (C=O) groups excluding carboxylic acids is 1. The van der Waals surface area contributed by atoms with Crippen LogP contribution in [0.2, 0.25) is 0 Å². The Morgan fingerprint density at radius 2 is 2.00 bits per heavy atom. The van der Waals surface area contributed by atoms with Crippen LogP contribution < -0.4 is 4.74 Å². The number of hydrogen-bond acceptors (Lipinski definition) is 5. The molecule has 3 aromatic rings. The van der Waals surface area contributed by atoms with E-state index in [1.165, 1.54) is 11.3 Å². The summed E-state index contributed by atoms with van der Waals surface area (Å²) in [5, 5.41) is 0. The summed E-state index contributed by atoms with van der Waals surface area (Å²) in [5.41, 5.74) is 2.60. The molecule has 0 fully saturated rings. The highest BCUT2D eigenvalue weighted by atomic mass is 32.1. The third-order valence-electron chi connectivity index (χ3n) is 4.25. The Bertz CT molecular complexity index is 989. The van der Waals surface area contributed by atoms with Gasteiger partial charge in [0.1, 0.15) is 19.0 Å². The molecule has 0 bridgehead atoms. The summed E-state index contributed by atoms with van der Waals surface area (Å²) in [6.45, 7) is 3.77. The van der Waals surface area contributed by atoms with Gasteiger partial charge < -0.3 is 9.47 Å². The first-order valence-electron chi connectivity index (χ1n) is 8.79. The SMILES string of the molecule is Cc1ccc(C(=O)c2cccc(COc3ccc(C4=NCCO4)cc3)c2)s1. The van der Waals surface area contributed by atoms with Crippen LogP contribution in [0.1, 0.15) is 31.2 Å². The molecule has 2 aromatic carbocycles. The molecule has 5 heteroatoms. The number of aryl methyl sites for hydroxylation is 1. The van der Waals surface area contributed by atoms with Crippen molar-refractivity contribution in [3.63, 3.8) is 0 Å². The van der Waals surface area contributed by atoms with Gasteiger partial charge in [-0.25, -0.2) is 4.99 Å². The standard InChI is InChI=1S/C22H19NO3S/c1-15-5-10-20(27-15)21(24)18-4-2-3-16(13-18)14-26-19-8-6-17(7-9-19)22-23-11-12-25-22/h2-10,13H,11-12,14H2,1H3. The second-order valence-electron chi connectivity index (χ2n) is 6.29. The Kier molecular flexibility index (Phi) is 5.03. The fraction of sp³-hybridized carbons (Fsp3) is 0.182. The van der Waals surface area contributed by atoms with E-state index in [1.807, 2.05) is 67.6 Å². The molecule has 1 aliphatic rings. The fourth-order valence-corrected chi connectivity index (χ4v) is 3.70. The highest BCUT2D eigenvalue weighted by Gasteiger charge is 2.12. The molecule has 27 heavy (non-hydrogen) atoms. The van der Waals surface area contributed by atoms with E-state index in [2.05, 4.69) is 4.99 Å². The molecule has 0 spiro atoms. The van der Waals surface area contributed by atoms with Crippen LogP contribution in [0.4, 0.5) is 0 Å². The Labute approximate surface area is 162 Å². The molecular formula is C22H19NO3S. The third kappa shape index (κ3) is 4.09. The minimum Gasteiger partial charge on any atom is -0.489 e. The van der Waals surface area contributed by atoms with Gasteiger partial charge in [-0.1, -0.05) is 18.2 Å². The lowest BCUT2D eigenvalue weighted by Crippen LogP contribution is -2.02. The Morgan fingerprint density at radius 1 is 1.15 bits per heavy atom. The summed E-state index contributed by atoms with van der Waals surface area (Å²) in [4.78, 5) is 18.8. The summed E-state index contributed by atoms with van der Waals surface area (Å²) in [6, 6.07) is 19.1. The van der Waals surface area contributed by atoms with Gasteiger partial charge in [-0.05, 0) is 55.0 Å². The quantitative estimate of drug-likeness (QED) is 0.588. The van der Waals surface area contributed by atoms with Crippen molar-refractivity contribution in [2.45, 2.75) is 13.5 Å². The highest BCUT2D eigenvalue weighted by Crippen LogP contribution is 2.21. The maximum Gasteiger partial charge on any atom is 0.216 e. The maximum absolute atomic E-state index is 12.6. The van der Waals surface area contributed by atoms with Crippen LogP contribution in [0.15, 0.2) is 65.7 Å².